The second-order valence-corrected chi connectivity index (χ2v) is 5.52. The molecule has 0 atom stereocenters. The van der Waals surface area contributed by atoms with Crippen molar-refractivity contribution in [2.45, 2.75) is 6.61 Å². The molecule has 6 heteroatoms. The average molecular weight is 345 g/mol. The zero-order chi connectivity index (χ0) is 16.2. The number of ether oxygens (including phenoxy) is 1. The SMILES string of the molecule is N#Cc1ccc(OCc2ncc(-c3cccc(Cl)c3)o2)c(Cl)c1. The van der Waals surface area contributed by atoms with E-state index in [1.54, 1.807) is 36.5 Å². The third-order valence-corrected chi connectivity index (χ3v) is 3.61. The maximum Gasteiger partial charge on any atom is 0.232 e. The van der Waals surface area contributed by atoms with E-state index in [1.165, 1.54) is 0 Å². The van der Waals surface area contributed by atoms with Crippen molar-refractivity contribution in [1.29, 1.82) is 5.26 Å². The van der Waals surface area contributed by atoms with Crippen LogP contribution in [0.5, 0.6) is 5.75 Å². The molecule has 0 bridgehead atoms. The Balaban J connectivity index is 1.72. The van der Waals surface area contributed by atoms with Gasteiger partial charge in [-0.25, -0.2) is 4.98 Å². The average Bonchev–Trinajstić information content (AvgIpc) is 3.02. The van der Waals surface area contributed by atoms with Gasteiger partial charge in [-0.3, -0.25) is 0 Å². The summed E-state index contributed by atoms with van der Waals surface area (Å²) in [7, 11) is 0. The Bertz CT molecular complexity index is 884. The molecule has 114 valence electrons. The maximum atomic E-state index is 8.81. The molecular formula is C17H10Cl2N2O2. The molecule has 0 radical (unpaired) electrons. The van der Waals surface area contributed by atoms with Crippen LogP contribution in [0.4, 0.5) is 0 Å². The van der Waals surface area contributed by atoms with E-state index in [1.807, 2.05) is 18.2 Å². The van der Waals surface area contributed by atoms with E-state index in [-0.39, 0.29) is 6.61 Å². The Morgan fingerprint density at radius 3 is 2.78 bits per heavy atom. The highest BCUT2D eigenvalue weighted by molar-refractivity contribution is 6.32. The van der Waals surface area contributed by atoms with Crippen LogP contribution >= 0.6 is 23.2 Å². The van der Waals surface area contributed by atoms with Gasteiger partial charge >= 0.3 is 0 Å². The maximum absolute atomic E-state index is 8.81. The summed E-state index contributed by atoms with van der Waals surface area (Å²) < 4.78 is 11.2. The number of nitrogens with zero attached hydrogens (tertiary/aromatic N) is 2. The van der Waals surface area contributed by atoms with Crippen LogP contribution in [-0.4, -0.2) is 4.98 Å². The van der Waals surface area contributed by atoms with Crippen molar-refractivity contribution >= 4 is 23.2 Å². The summed E-state index contributed by atoms with van der Waals surface area (Å²) in [5, 5.41) is 9.80. The predicted octanol–water partition coefficient (Wildman–Crippen LogP) is 5.10. The topological polar surface area (TPSA) is 59.0 Å². The van der Waals surface area contributed by atoms with Gasteiger partial charge in [0.2, 0.25) is 5.89 Å². The second kappa shape index (κ2) is 6.74. The smallest absolute Gasteiger partial charge is 0.232 e. The summed E-state index contributed by atoms with van der Waals surface area (Å²) in [6.07, 6.45) is 1.62. The Morgan fingerprint density at radius 1 is 1.17 bits per heavy atom. The molecule has 3 aromatic rings. The van der Waals surface area contributed by atoms with E-state index in [0.29, 0.717) is 33.0 Å². The first kappa shape index (κ1) is 15.4. The van der Waals surface area contributed by atoms with Crippen LogP contribution in [0.15, 0.2) is 53.1 Å². The molecule has 0 N–H and O–H groups in total. The zero-order valence-corrected chi connectivity index (χ0v) is 13.3. The van der Waals surface area contributed by atoms with Crippen LogP contribution in [0.1, 0.15) is 11.5 Å². The van der Waals surface area contributed by atoms with Gasteiger partial charge < -0.3 is 9.15 Å². The van der Waals surface area contributed by atoms with Gasteiger partial charge in [0.15, 0.2) is 12.4 Å². The van der Waals surface area contributed by atoms with Crippen LogP contribution in [0.2, 0.25) is 10.0 Å². The van der Waals surface area contributed by atoms with Crippen molar-refractivity contribution in [3.05, 3.63) is 70.2 Å². The Hall–Kier alpha value is -2.48. The van der Waals surface area contributed by atoms with Gasteiger partial charge in [0.05, 0.1) is 22.9 Å². The molecule has 4 nitrogen and oxygen atoms in total. The summed E-state index contributed by atoms with van der Waals surface area (Å²) >= 11 is 12.0. The largest absolute Gasteiger partial charge is 0.482 e. The highest BCUT2D eigenvalue weighted by atomic mass is 35.5. The Labute approximate surface area is 142 Å². The number of rotatable bonds is 4. The van der Waals surface area contributed by atoms with Gasteiger partial charge in [-0.15, -0.1) is 0 Å². The lowest BCUT2D eigenvalue weighted by molar-refractivity contribution is 0.265. The molecule has 0 amide bonds. The van der Waals surface area contributed by atoms with E-state index in [2.05, 4.69) is 4.98 Å². The minimum atomic E-state index is 0.131. The normalized spacial score (nSPS) is 10.3. The van der Waals surface area contributed by atoms with Gasteiger partial charge in [0.25, 0.3) is 0 Å². The molecule has 0 saturated heterocycles. The molecule has 2 aromatic carbocycles. The third-order valence-electron chi connectivity index (χ3n) is 3.07. The van der Waals surface area contributed by atoms with E-state index < -0.39 is 0 Å². The number of benzene rings is 2. The van der Waals surface area contributed by atoms with Gasteiger partial charge in [0, 0.05) is 10.6 Å². The van der Waals surface area contributed by atoms with Gasteiger partial charge in [0.1, 0.15) is 5.75 Å². The highest BCUT2D eigenvalue weighted by Gasteiger charge is 2.09. The fourth-order valence-corrected chi connectivity index (χ4v) is 2.40. The standard InChI is InChI=1S/C17H10Cl2N2O2/c18-13-3-1-2-12(7-13)16-9-21-17(23-16)10-22-15-5-4-11(8-20)6-14(15)19/h1-7,9H,10H2. The molecule has 0 aliphatic rings. The fourth-order valence-electron chi connectivity index (χ4n) is 1.98. The first-order chi connectivity index (χ1) is 11.2. The van der Waals surface area contributed by atoms with Crippen LogP contribution in [0, 0.1) is 11.3 Å². The monoisotopic (exact) mass is 344 g/mol. The number of halogens is 2. The Kier molecular flexibility index (Phi) is 4.52. The highest BCUT2D eigenvalue weighted by Crippen LogP contribution is 2.27. The van der Waals surface area contributed by atoms with E-state index in [4.69, 9.17) is 37.6 Å². The summed E-state index contributed by atoms with van der Waals surface area (Å²) in [6, 6.07) is 14.1. The molecule has 23 heavy (non-hydrogen) atoms. The molecule has 1 aromatic heterocycles. The quantitative estimate of drug-likeness (QED) is 0.660. The number of hydrogen-bond acceptors (Lipinski definition) is 4. The molecule has 0 saturated carbocycles. The summed E-state index contributed by atoms with van der Waals surface area (Å²) in [5.41, 5.74) is 1.31. The minimum Gasteiger partial charge on any atom is -0.482 e. The Morgan fingerprint density at radius 2 is 2.04 bits per heavy atom. The molecule has 0 spiro atoms. The lowest BCUT2D eigenvalue weighted by Gasteiger charge is -2.05. The minimum absolute atomic E-state index is 0.131. The lowest BCUT2D eigenvalue weighted by Crippen LogP contribution is -1.96. The van der Waals surface area contributed by atoms with Gasteiger partial charge in [-0.05, 0) is 30.3 Å². The number of aromatic nitrogens is 1. The van der Waals surface area contributed by atoms with Crippen molar-refractivity contribution in [2.75, 3.05) is 0 Å². The first-order valence-corrected chi connectivity index (χ1v) is 7.44. The molecule has 0 unspecified atom stereocenters. The third kappa shape index (κ3) is 3.65. The van der Waals surface area contributed by atoms with Crippen molar-refractivity contribution in [2.24, 2.45) is 0 Å². The number of hydrogen-bond donors (Lipinski definition) is 0. The van der Waals surface area contributed by atoms with E-state index >= 15 is 0 Å². The molecule has 1 heterocycles. The van der Waals surface area contributed by atoms with Crippen LogP contribution in [-0.2, 0) is 6.61 Å². The predicted molar refractivity (Wildman–Crippen MR) is 87.4 cm³/mol. The summed E-state index contributed by atoms with van der Waals surface area (Å²) in [4.78, 5) is 4.17. The number of nitriles is 1. The first-order valence-electron chi connectivity index (χ1n) is 6.69. The van der Waals surface area contributed by atoms with Crippen molar-refractivity contribution in [3.8, 4) is 23.1 Å². The van der Waals surface area contributed by atoms with E-state index in [0.717, 1.165) is 5.56 Å². The van der Waals surface area contributed by atoms with Crippen molar-refractivity contribution in [1.82, 2.24) is 4.98 Å². The molecule has 0 aliphatic heterocycles. The van der Waals surface area contributed by atoms with E-state index in [9.17, 15) is 0 Å². The van der Waals surface area contributed by atoms with Crippen molar-refractivity contribution in [3.63, 3.8) is 0 Å². The summed E-state index contributed by atoms with van der Waals surface area (Å²) in [6.45, 7) is 0.131. The van der Waals surface area contributed by atoms with Crippen LogP contribution in [0.25, 0.3) is 11.3 Å². The lowest BCUT2D eigenvalue weighted by atomic mass is 10.2. The fraction of sp³-hybridized carbons (Fsp3) is 0.0588. The second-order valence-electron chi connectivity index (χ2n) is 4.67. The van der Waals surface area contributed by atoms with Gasteiger partial charge in [-0.2, -0.15) is 5.26 Å². The molecule has 0 aliphatic carbocycles. The molecular weight excluding hydrogens is 335 g/mol. The zero-order valence-electron chi connectivity index (χ0n) is 11.8. The molecule has 0 fully saturated rings. The van der Waals surface area contributed by atoms with Crippen molar-refractivity contribution < 1.29 is 9.15 Å². The van der Waals surface area contributed by atoms with Crippen LogP contribution < -0.4 is 4.74 Å². The molecule has 3 rings (SSSR count). The van der Waals surface area contributed by atoms with Gasteiger partial charge in [-0.1, -0.05) is 35.3 Å². The number of oxazole rings is 1. The van der Waals surface area contributed by atoms with Crippen LogP contribution in [0.3, 0.4) is 0 Å². The summed E-state index contributed by atoms with van der Waals surface area (Å²) in [5.74, 6) is 1.49.